The van der Waals surface area contributed by atoms with Gasteiger partial charge in [0.2, 0.25) is 11.9 Å². The van der Waals surface area contributed by atoms with Crippen LogP contribution in [0.5, 0.6) is 0 Å². The van der Waals surface area contributed by atoms with E-state index in [0.717, 1.165) is 0 Å². The molecule has 8 nitrogen and oxygen atoms in total. The maximum atomic E-state index is 14.0. The molecule has 172 valence electrons. The van der Waals surface area contributed by atoms with Crippen LogP contribution in [-0.4, -0.2) is 37.4 Å². The fourth-order valence-corrected chi connectivity index (χ4v) is 4.68. The Balaban J connectivity index is 1.34. The molecule has 0 atom stereocenters. The first kappa shape index (κ1) is 22.7. The van der Waals surface area contributed by atoms with Crippen LogP contribution in [0.25, 0.3) is 0 Å². The largest absolute Gasteiger partial charge is 0.369 e. The first-order valence-corrected chi connectivity index (χ1v) is 12.0. The van der Waals surface area contributed by atoms with E-state index in [-0.39, 0.29) is 28.5 Å². The lowest BCUT2D eigenvalue weighted by Gasteiger charge is -2.33. The monoisotopic (exact) mass is 469 g/mol. The van der Waals surface area contributed by atoms with E-state index in [0.29, 0.717) is 43.0 Å². The highest BCUT2D eigenvalue weighted by Gasteiger charge is 2.26. The minimum atomic E-state index is -3.86. The van der Waals surface area contributed by atoms with Crippen molar-refractivity contribution in [2.45, 2.75) is 24.7 Å². The van der Waals surface area contributed by atoms with Crippen molar-refractivity contribution in [1.29, 1.82) is 0 Å². The second kappa shape index (κ2) is 9.53. The summed E-state index contributed by atoms with van der Waals surface area (Å²) in [6.07, 6.45) is 2.68. The SMILES string of the molecule is Cc1ccnc(NS(=O)(=O)c2ccc(NC(=O)C3CCN(c4ccccc4F)CC3)cc2)n1. The second-order valence-electron chi connectivity index (χ2n) is 7.85. The van der Waals surface area contributed by atoms with Crippen LogP contribution in [0.4, 0.5) is 21.7 Å². The summed E-state index contributed by atoms with van der Waals surface area (Å²) < 4.78 is 41.4. The number of halogens is 1. The Kier molecular flexibility index (Phi) is 6.55. The minimum absolute atomic E-state index is 0.00546. The van der Waals surface area contributed by atoms with Gasteiger partial charge in [0.1, 0.15) is 5.82 Å². The molecule has 3 aromatic rings. The topological polar surface area (TPSA) is 104 Å². The Morgan fingerprint density at radius 1 is 1.06 bits per heavy atom. The zero-order valence-electron chi connectivity index (χ0n) is 18.0. The number of piperidine rings is 1. The van der Waals surface area contributed by atoms with Crippen LogP contribution in [-0.2, 0) is 14.8 Å². The number of aryl methyl sites for hydroxylation is 1. The number of para-hydroxylation sites is 1. The highest BCUT2D eigenvalue weighted by molar-refractivity contribution is 7.92. The summed E-state index contributed by atoms with van der Waals surface area (Å²) in [5, 5.41) is 2.84. The standard InChI is InChI=1S/C23H24FN5O3S/c1-16-10-13-25-23(26-16)28-33(31,32)19-8-6-18(7-9-19)27-22(30)17-11-14-29(15-12-17)21-5-3-2-4-20(21)24/h2-10,13,17H,11-12,14-15H2,1H3,(H,27,30)(H,25,26,28). The van der Waals surface area contributed by atoms with Crippen LogP contribution in [0, 0.1) is 18.7 Å². The first-order chi connectivity index (χ1) is 15.8. The molecule has 0 spiro atoms. The van der Waals surface area contributed by atoms with Crippen molar-refractivity contribution in [2.24, 2.45) is 5.92 Å². The van der Waals surface area contributed by atoms with Crippen molar-refractivity contribution in [1.82, 2.24) is 9.97 Å². The molecule has 2 heterocycles. The molecule has 1 amide bonds. The van der Waals surface area contributed by atoms with Gasteiger partial charge in [-0.3, -0.25) is 4.79 Å². The van der Waals surface area contributed by atoms with Crippen LogP contribution in [0.1, 0.15) is 18.5 Å². The molecule has 0 saturated carbocycles. The summed E-state index contributed by atoms with van der Waals surface area (Å²) in [6, 6.07) is 14.2. The molecule has 0 bridgehead atoms. The third kappa shape index (κ3) is 5.46. The molecule has 1 saturated heterocycles. The van der Waals surface area contributed by atoms with Gasteiger partial charge in [0.15, 0.2) is 0 Å². The molecule has 1 aromatic heterocycles. The van der Waals surface area contributed by atoms with E-state index < -0.39 is 10.0 Å². The maximum Gasteiger partial charge on any atom is 0.264 e. The fraction of sp³-hybridized carbons (Fsp3) is 0.261. The van der Waals surface area contributed by atoms with Gasteiger partial charge in [-0.25, -0.2) is 27.5 Å². The van der Waals surface area contributed by atoms with Gasteiger partial charge in [0, 0.05) is 36.6 Å². The molecule has 0 unspecified atom stereocenters. The number of nitrogens with zero attached hydrogens (tertiary/aromatic N) is 3. The van der Waals surface area contributed by atoms with Gasteiger partial charge in [0.25, 0.3) is 10.0 Å². The van der Waals surface area contributed by atoms with Gasteiger partial charge in [-0.2, -0.15) is 0 Å². The number of carbonyl (C=O) groups excluding carboxylic acids is 1. The Morgan fingerprint density at radius 3 is 2.42 bits per heavy atom. The lowest BCUT2D eigenvalue weighted by molar-refractivity contribution is -0.120. The average molecular weight is 470 g/mol. The smallest absolute Gasteiger partial charge is 0.264 e. The predicted molar refractivity (Wildman–Crippen MR) is 124 cm³/mol. The lowest BCUT2D eigenvalue weighted by Crippen LogP contribution is -2.38. The molecule has 2 N–H and O–H groups in total. The number of hydrogen-bond donors (Lipinski definition) is 2. The second-order valence-corrected chi connectivity index (χ2v) is 9.54. The van der Waals surface area contributed by atoms with E-state index in [1.54, 1.807) is 31.2 Å². The number of hydrogen-bond acceptors (Lipinski definition) is 6. The summed E-state index contributed by atoms with van der Waals surface area (Å²) in [5.41, 5.74) is 1.70. The lowest BCUT2D eigenvalue weighted by atomic mass is 9.95. The van der Waals surface area contributed by atoms with Crippen LogP contribution in [0.15, 0.2) is 65.7 Å². The molecule has 0 aliphatic carbocycles. The zero-order chi connectivity index (χ0) is 23.4. The number of nitrogens with one attached hydrogen (secondary N) is 2. The molecule has 1 aliphatic rings. The average Bonchev–Trinajstić information content (AvgIpc) is 2.80. The maximum absolute atomic E-state index is 14.0. The molecule has 10 heteroatoms. The Bertz CT molecular complexity index is 1240. The summed E-state index contributed by atoms with van der Waals surface area (Å²) in [7, 11) is -3.86. The van der Waals surface area contributed by atoms with Gasteiger partial charge in [0.05, 0.1) is 10.6 Å². The Hall–Kier alpha value is -3.53. The fourth-order valence-electron chi connectivity index (χ4n) is 3.73. The first-order valence-electron chi connectivity index (χ1n) is 10.5. The van der Waals surface area contributed by atoms with Gasteiger partial charge in [-0.05, 0) is 62.2 Å². The van der Waals surface area contributed by atoms with E-state index in [2.05, 4.69) is 20.0 Å². The third-order valence-corrected chi connectivity index (χ3v) is 6.86. The molecule has 33 heavy (non-hydrogen) atoms. The van der Waals surface area contributed by atoms with Crippen molar-refractivity contribution in [3.05, 3.63) is 72.3 Å². The Morgan fingerprint density at radius 2 is 1.76 bits per heavy atom. The van der Waals surface area contributed by atoms with Crippen LogP contribution in [0.3, 0.4) is 0 Å². The van der Waals surface area contributed by atoms with Gasteiger partial charge in [-0.15, -0.1) is 0 Å². The predicted octanol–water partition coefficient (Wildman–Crippen LogP) is 3.58. The summed E-state index contributed by atoms with van der Waals surface area (Å²) in [6.45, 7) is 2.91. The highest BCUT2D eigenvalue weighted by Crippen LogP contribution is 2.26. The van der Waals surface area contributed by atoms with Crippen molar-refractivity contribution in [3.8, 4) is 0 Å². The van der Waals surface area contributed by atoms with Crippen molar-refractivity contribution in [3.63, 3.8) is 0 Å². The van der Waals surface area contributed by atoms with Crippen molar-refractivity contribution >= 4 is 33.3 Å². The van der Waals surface area contributed by atoms with Crippen LogP contribution in [0.2, 0.25) is 0 Å². The summed E-state index contributed by atoms with van der Waals surface area (Å²) >= 11 is 0. The number of sulfonamides is 1. The van der Waals surface area contributed by atoms with Gasteiger partial charge >= 0.3 is 0 Å². The third-order valence-electron chi connectivity index (χ3n) is 5.51. The van der Waals surface area contributed by atoms with Crippen molar-refractivity contribution in [2.75, 3.05) is 28.0 Å². The molecule has 2 aromatic carbocycles. The number of carbonyl (C=O) groups is 1. The van der Waals surface area contributed by atoms with Gasteiger partial charge in [-0.1, -0.05) is 12.1 Å². The molecule has 0 radical (unpaired) electrons. The number of rotatable bonds is 6. The molecule has 1 aliphatic heterocycles. The molecular weight excluding hydrogens is 445 g/mol. The summed E-state index contributed by atoms with van der Waals surface area (Å²) in [4.78, 5) is 22.6. The Labute approximate surface area is 191 Å². The van der Waals surface area contributed by atoms with E-state index >= 15 is 0 Å². The zero-order valence-corrected chi connectivity index (χ0v) is 18.8. The van der Waals surface area contributed by atoms with Gasteiger partial charge < -0.3 is 10.2 Å². The van der Waals surface area contributed by atoms with E-state index in [4.69, 9.17) is 0 Å². The van der Waals surface area contributed by atoms with E-state index in [9.17, 15) is 17.6 Å². The normalized spacial score (nSPS) is 14.7. The minimum Gasteiger partial charge on any atom is -0.369 e. The number of anilines is 3. The number of benzene rings is 2. The van der Waals surface area contributed by atoms with E-state index in [1.165, 1.54) is 36.5 Å². The molecule has 1 fully saturated rings. The van der Waals surface area contributed by atoms with Crippen LogP contribution >= 0.6 is 0 Å². The molecular formula is C23H24FN5O3S. The summed E-state index contributed by atoms with van der Waals surface area (Å²) in [5.74, 6) is -0.602. The van der Waals surface area contributed by atoms with Crippen molar-refractivity contribution < 1.29 is 17.6 Å². The van der Waals surface area contributed by atoms with E-state index in [1.807, 2.05) is 4.90 Å². The number of amides is 1. The number of aromatic nitrogens is 2. The van der Waals surface area contributed by atoms with Crippen LogP contribution < -0.4 is 14.9 Å². The quantitative estimate of drug-likeness (QED) is 0.572. The highest BCUT2D eigenvalue weighted by atomic mass is 32.2. The molecule has 4 rings (SSSR count).